The first-order valence-electron chi connectivity index (χ1n) is 10.7. The van der Waals surface area contributed by atoms with E-state index in [0.717, 1.165) is 5.56 Å². The number of hydrogen-bond acceptors (Lipinski definition) is 10. The Kier molecular flexibility index (Phi) is 8.78. The minimum Gasteiger partial charge on any atom is -0.382 e. The highest BCUT2D eigenvalue weighted by Gasteiger charge is 2.35. The quantitative estimate of drug-likeness (QED) is 0.371. The van der Waals surface area contributed by atoms with Crippen LogP contribution < -0.4 is 0 Å². The van der Waals surface area contributed by atoms with Crippen molar-refractivity contribution in [2.24, 2.45) is 0 Å². The molecule has 0 N–H and O–H groups in total. The Bertz CT molecular complexity index is 1150. The maximum atomic E-state index is 13.5. The number of pyridine rings is 1. The summed E-state index contributed by atoms with van der Waals surface area (Å²) in [6.45, 7) is 3.97. The topological polar surface area (TPSA) is 131 Å². The molecule has 2 atom stereocenters. The van der Waals surface area contributed by atoms with Gasteiger partial charge in [-0.15, -0.1) is 10.2 Å². The lowest BCUT2D eigenvalue weighted by atomic mass is 10.2. The summed E-state index contributed by atoms with van der Waals surface area (Å²) in [5.41, 5.74) is 1.43. The molecule has 0 saturated heterocycles. The average Bonchev–Trinajstić information content (AvgIpc) is 3.23. The van der Waals surface area contributed by atoms with Crippen LogP contribution in [0.4, 0.5) is 0 Å². The molecule has 184 valence electrons. The number of nitrogens with zero attached hydrogens (tertiary/aromatic N) is 6. The van der Waals surface area contributed by atoms with Crippen molar-refractivity contribution in [1.29, 1.82) is 0 Å². The molecular formula is C22H30N6O5S. The van der Waals surface area contributed by atoms with Crippen LogP contribution in [0.3, 0.4) is 0 Å². The number of hydrogen-bond donors (Lipinski definition) is 0. The van der Waals surface area contributed by atoms with Crippen LogP contribution in [0.5, 0.6) is 0 Å². The summed E-state index contributed by atoms with van der Waals surface area (Å²) >= 11 is 0. The Morgan fingerprint density at radius 2 is 1.68 bits per heavy atom. The van der Waals surface area contributed by atoms with Gasteiger partial charge in [-0.1, -0.05) is 6.07 Å². The molecule has 0 aliphatic carbocycles. The Balaban J connectivity index is 1.99. The summed E-state index contributed by atoms with van der Waals surface area (Å²) < 4.78 is 44.9. The summed E-state index contributed by atoms with van der Waals surface area (Å²) in [7, 11) is 0.804. The maximum absolute atomic E-state index is 13.5. The first-order valence-corrected chi connectivity index (χ1v) is 12.4. The predicted molar refractivity (Wildman–Crippen MR) is 125 cm³/mol. The Labute approximate surface area is 199 Å². The standard InChI is InChI=1S/C22H30N6O5S/c1-15-10-24-21(25-11-15)20(33-5)16(2)34(29,30)14-19-26-27-22(18-8-6-7-9-23-18)28(19)17(12-31-3)13-32-4/h6-11,16-17,20H,12-14H2,1-5H3/t16-,20-/m0/s1. The SMILES string of the molecule is COCC(COC)n1c(CS(=O)(=O)[C@@H](C)[C@H](OC)c2ncc(C)cn2)nnc1-c1ccccn1. The molecule has 0 bridgehead atoms. The molecule has 12 heteroatoms. The van der Waals surface area contributed by atoms with E-state index in [1.54, 1.807) is 56.4 Å². The molecule has 3 rings (SSSR count). The lowest BCUT2D eigenvalue weighted by molar-refractivity contribution is 0.0887. The van der Waals surface area contributed by atoms with Gasteiger partial charge in [0.25, 0.3) is 0 Å². The predicted octanol–water partition coefficient (Wildman–Crippen LogP) is 1.96. The van der Waals surface area contributed by atoms with E-state index in [4.69, 9.17) is 14.2 Å². The molecule has 0 amide bonds. The first-order chi connectivity index (χ1) is 16.3. The third-order valence-electron chi connectivity index (χ3n) is 5.38. The van der Waals surface area contributed by atoms with Crippen LogP contribution in [0.1, 0.15) is 36.3 Å². The Morgan fingerprint density at radius 3 is 2.24 bits per heavy atom. The summed E-state index contributed by atoms with van der Waals surface area (Å²) in [6.07, 6.45) is 4.05. The Hall–Kier alpha value is -2.80. The van der Waals surface area contributed by atoms with Crippen molar-refractivity contribution in [3.63, 3.8) is 0 Å². The summed E-state index contributed by atoms with van der Waals surface area (Å²) in [5, 5.41) is 7.55. The van der Waals surface area contributed by atoms with Gasteiger partial charge in [-0.3, -0.25) is 4.98 Å². The zero-order valence-electron chi connectivity index (χ0n) is 20.0. The zero-order chi connectivity index (χ0) is 24.7. The fraction of sp³-hybridized carbons (Fsp3) is 0.500. The van der Waals surface area contributed by atoms with Gasteiger partial charge in [-0.25, -0.2) is 18.4 Å². The number of aromatic nitrogens is 6. The number of methoxy groups -OCH3 is 3. The first kappa shape index (κ1) is 25.8. The number of ether oxygens (including phenoxy) is 3. The van der Waals surface area contributed by atoms with Gasteiger partial charge >= 0.3 is 0 Å². The molecule has 34 heavy (non-hydrogen) atoms. The second kappa shape index (κ2) is 11.6. The maximum Gasteiger partial charge on any atom is 0.183 e. The molecule has 11 nitrogen and oxygen atoms in total. The van der Waals surface area contributed by atoms with Crippen molar-refractivity contribution in [3.05, 3.63) is 54.0 Å². The molecule has 0 aliphatic heterocycles. The lowest BCUT2D eigenvalue weighted by Crippen LogP contribution is -2.31. The third kappa shape index (κ3) is 5.81. The normalized spacial score (nSPS) is 13.8. The van der Waals surface area contributed by atoms with Crippen LogP contribution in [0.2, 0.25) is 0 Å². The van der Waals surface area contributed by atoms with Crippen LogP contribution in [0.15, 0.2) is 36.8 Å². The minimum atomic E-state index is -3.77. The number of aryl methyl sites for hydroxylation is 1. The van der Waals surface area contributed by atoms with Crippen LogP contribution in [0.25, 0.3) is 11.5 Å². The molecule has 0 fully saturated rings. The lowest BCUT2D eigenvalue weighted by Gasteiger charge is -2.23. The molecule has 0 unspecified atom stereocenters. The Morgan fingerprint density at radius 1 is 1.00 bits per heavy atom. The van der Waals surface area contributed by atoms with Crippen molar-refractivity contribution in [3.8, 4) is 11.5 Å². The van der Waals surface area contributed by atoms with Gasteiger partial charge in [0, 0.05) is 39.9 Å². The van der Waals surface area contributed by atoms with Gasteiger partial charge in [0.05, 0.1) is 24.5 Å². The number of sulfone groups is 1. The molecule has 0 radical (unpaired) electrons. The molecule has 0 spiro atoms. The van der Waals surface area contributed by atoms with Gasteiger partial charge in [-0.2, -0.15) is 0 Å². The van der Waals surface area contributed by atoms with E-state index in [9.17, 15) is 8.42 Å². The summed E-state index contributed by atoms with van der Waals surface area (Å²) in [5.74, 6) is 0.620. The van der Waals surface area contributed by atoms with E-state index >= 15 is 0 Å². The van der Waals surface area contributed by atoms with E-state index in [-0.39, 0.29) is 30.8 Å². The van der Waals surface area contributed by atoms with Crippen molar-refractivity contribution < 1.29 is 22.6 Å². The fourth-order valence-corrected chi connectivity index (χ4v) is 5.04. The second-order valence-electron chi connectivity index (χ2n) is 7.88. The largest absolute Gasteiger partial charge is 0.382 e. The van der Waals surface area contributed by atoms with Gasteiger partial charge in [0.15, 0.2) is 21.5 Å². The second-order valence-corrected chi connectivity index (χ2v) is 10.2. The summed E-state index contributed by atoms with van der Waals surface area (Å²) in [6, 6.07) is 5.04. The molecule has 0 saturated carbocycles. The van der Waals surface area contributed by atoms with Crippen LogP contribution >= 0.6 is 0 Å². The molecule has 0 aliphatic rings. The van der Waals surface area contributed by atoms with Gasteiger partial charge in [0.2, 0.25) is 0 Å². The minimum absolute atomic E-state index is 0.256. The van der Waals surface area contributed by atoms with E-state index in [1.165, 1.54) is 7.11 Å². The van der Waals surface area contributed by atoms with Crippen molar-refractivity contribution in [2.45, 2.75) is 37.0 Å². The van der Waals surface area contributed by atoms with E-state index in [1.807, 2.05) is 13.0 Å². The molecule has 0 aromatic carbocycles. The summed E-state index contributed by atoms with van der Waals surface area (Å²) in [4.78, 5) is 12.9. The van der Waals surface area contributed by atoms with Crippen molar-refractivity contribution in [2.75, 3.05) is 34.5 Å². The highest BCUT2D eigenvalue weighted by molar-refractivity contribution is 7.91. The smallest absolute Gasteiger partial charge is 0.183 e. The fourth-order valence-electron chi connectivity index (χ4n) is 3.61. The van der Waals surface area contributed by atoms with Gasteiger partial charge < -0.3 is 18.8 Å². The number of rotatable bonds is 12. The molecule has 3 aromatic rings. The monoisotopic (exact) mass is 490 g/mol. The van der Waals surface area contributed by atoms with Crippen LogP contribution in [-0.4, -0.2) is 77.9 Å². The molecule has 3 heterocycles. The van der Waals surface area contributed by atoms with E-state index in [2.05, 4.69) is 25.1 Å². The van der Waals surface area contributed by atoms with Gasteiger partial charge in [0.1, 0.15) is 23.4 Å². The van der Waals surface area contributed by atoms with E-state index in [0.29, 0.717) is 17.3 Å². The highest BCUT2D eigenvalue weighted by Crippen LogP contribution is 2.28. The van der Waals surface area contributed by atoms with E-state index < -0.39 is 21.2 Å². The zero-order valence-corrected chi connectivity index (χ0v) is 20.8. The van der Waals surface area contributed by atoms with Crippen molar-refractivity contribution in [1.82, 2.24) is 29.7 Å². The average molecular weight is 491 g/mol. The highest BCUT2D eigenvalue weighted by atomic mass is 32.2. The van der Waals surface area contributed by atoms with Gasteiger partial charge in [-0.05, 0) is 31.5 Å². The van der Waals surface area contributed by atoms with Crippen LogP contribution in [0, 0.1) is 6.92 Å². The van der Waals surface area contributed by atoms with Crippen molar-refractivity contribution >= 4 is 9.84 Å². The van der Waals surface area contributed by atoms with Crippen LogP contribution in [-0.2, 0) is 29.8 Å². The third-order valence-corrected chi connectivity index (χ3v) is 7.42. The molecule has 3 aromatic heterocycles. The molecular weight excluding hydrogens is 460 g/mol.